The molecule has 116 valence electrons. The summed E-state index contributed by atoms with van der Waals surface area (Å²) in [5, 5.41) is 9.05. The number of aryl methyl sites for hydroxylation is 1. The van der Waals surface area contributed by atoms with Gasteiger partial charge < -0.3 is 5.11 Å². The molecular weight excluding hydrogens is 290 g/mol. The third-order valence-corrected chi connectivity index (χ3v) is 5.73. The molecule has 5 nitrogen and oxygen atoms in total. The maximum Gasteiger partial charge on any atom is 0.335 e. The standard InChI is InChI=1S/C15H21NO4S/c1-4-10-5-6-11(14(17)18)9-13(10)21(19,20)16-15(2,3)12-7-8-12/h5-6,9,12,16H,4,7-8H2,1-3H3,(H,17,18). The van der Waals surface area contributed by atoms with E-state index in [2.05, 4.69) is 4.72 Å². The van der Waals surface area contributed by atoms with Gasteiger partial charge in [0.05, 0.1) is 10.5 Å². The molecule has 0 saturated heterocycles. The first-order chi connectivity index (χ1) is 9.67. The smallest absolute Gasteiger partial charge is 0.335 e. The van der Waals surface area contributed by atoms with Crippen molar-refractivity contribution in [1.29, 1.82) is 0 Å². The van der Waals surface area contributed by atoms with Crippen molar-refractivity contribution < 1.29 is 18.3 Å². The number of benzene rings is 1. The Morgan fingerprint density at radius 1 is 1.38 bits per heavy atom. The van der Waals surface area contributed by atoms with Crippen LogP contribution in [-0.4, -0.2) is 25.0 Å². The largest absolute Gasteiger partial charge is 0.478 e. The Morgan fingerprint density at radius 3 is 2.48 bits per heavy atom. The van der Waals surface area contributed by atoms with Gasteiger partial charge in [-0.3, -0.25) is 0 Å². The topological polar surface area (TPSA) is 83.5 Å². The van der Waals surface area contributed by atoms with Gasteiger partial charge in [0.15, 0.2) is 0 Å². The van der Waals surface area contributed by atoms with E-state index in [0.717, 1.165) is 12.8 Å². The van der Waals surface area contributed by atoms with Crippen LogP contribution in [0.4, 0.5) is 0 Å². The number of carboxylic acid groups (broad SMARTS) is 1. The third-order valence-electron chi connectivity index (χ3n) is 3.98. The molecule has 0 radical (unpaired) electrons. The zero-order chi connectivity index (χ0) is 15.8. The Labute approximate surface area is 125 Å². The number of rotatable bonds is 6. The van der Waals surface area contributed by atoms with Crippen molar-refractivity contribution in [3.8, 4) is 0 Å². The Morgan fingerprint density at radius 2 is 2.00 bits per heavy atom. The predicted molar refractivity (Wildman–Crippen MR) is 79.9 cm³/mol. The van der Waals surface area contributed by atoms with Crippen molar-refractivity contribution >= 4 is 16.0 Å². The molecule has 6 heteroatoms. The summed E-state index contributed by atoms with van der Waals surface area (Å²) < 4.78 is 28.0. The van der Waals surface area contributed by atoms with E-state index < -0.39 is 21.5 Å². The van der Waals surface area contributed by atoms with E-state index in [-0.39, 0.29) is 10.5 Å². The van der Waals surface area contributed by atoms with Crippen molar-refractivity contribution in [1.82, 2.24) is 4.72 Å². The second kappa shape index (κ2) is 5.42. The van der Waals surface area contributed by atoms with Gasteiger partial charge in [-0.2, -0.15) is 0 Å². The number of carbonyl (C=O) groups is 1. The van der Waals surface area contributed by atoms with Crippen molar-refractivity contribution in [2.75, 3.05) is 0 Å². The number of sulfonamides is 1. The fraction of sp³-hybridized carbons (Fsp3) is 0.533. The number of aromatic carboxylic acids is 1. The lowest BCUT2D eigenvalue weighted by Crippen LogP contribution is -2.45. The monoisotopic (exact) mass is 311 g/mol. The molecule has 1 aliphatic carbocycles. The van der Waals surface area contributed by atoms with Gasteiger partial charge in [-0.05, 0) is 56.7 Å². The van der Waals surface area contributed by atoms with Gasteiger partial charge in [0.2, 0.25) is 10.0 Å². The summed E-state index contributed by atoms with van der Waals surface area (Å²) in [5.74, 6) is -0.782. The average molecular weight is 311 g/mol. The summed E-state index contributed by atoms with van der Waals surface area (Å²) in [6.45, 7) is 5.59. The maximum atomic E-state index is 12.6. The first-order valence-electron chi connectivity index (χ1n) is 7.07. The van der Waals surface area contributed by atoms with Crippen LogP contribution in [-0.2, 0) is 16.4 Å². The first-order valence-corrected chi connectivity index (χ1v) is 8.56. The highest BCUT2D eigenvalue weighted by atomic mass is 32.2. The summed E-state index contributed by atoms with van der Waals surface area (Å²) in [6.07, 6.45) is 2.57. The fourth-order valence-electron chi connectivity index (χ4n) is 2.52. The molecule has 1 aromatic carbocycles. The maximum absolute atomic E-state index is 12.6. The Bertz CT molecular complexity index is 660. The molecule has 0 aliphatic heterocycles. The molecule has 1 aliphatic rings. The predicted octanol–water partition coefficient (Wildman–Crippen LogP) is 2.41. The van der Waals surface area contributed by atoms with Gasteiger partial charge in [0.1, 0.15) is 0 Å². The van der Waals surface area contributed by atoms with Gasteiger partial charge in [-0.1, -0.05) is 13.0 Å². The zero-order valence-electron chi connectivity index (χ0n) is 12.5. The molecule has 1 aromatic rings. The van der Waals surface area contributed by atoms with E-state index in [4.69, 9.17) is 5.11 Å². The molecule has 0 bridgehead atoms. The van der Waals surface area contributed by atoms with E-state index in [0.29, 0.717) is 17.9 Å². The quantitative estimate of drug-likeness (QED) is 0.845. The molecule has 2 N–H and O–H groups in total. The van der Waals surface area contributed by atoms with Crippen LogP contribution in [0.15, 0.2) is 23.1 Å². The van der Waals surface area contributed by atoms with Crippen LogP contribution in [0.5, 0.6) is 0 Å². The van der Waals surface area contributed by atoms with Crippen molar-refractivity contribution in [3.05, 3.63) is 29.3 Å². The SMILES string of the molecule is CCc1ccc(C(=O)O)cc1S(=O)(=O)NC(C)(C)C1CC1. The highest BCUT2D eigenvalue weighted by molar-refractivity contribution is 7.89. The lowest BCUT2D eigenvalue weighted by Gasteiger charge is -2.26. The van der Waals surface area contributed by atoms with Crippen LogP contribution in [0, 0.1) is 5.92 Å². The van der Waals surface area contributed by atoms with Gasteiger partial charge in [0, 0.05) is 5.54 Å². The van der Waals surface area contributed by atoms with Crippen LogP contribution in [0.3, 0.4) is 0 Å². The normalized spacial score (nSPS) is 16.0. The summed E-state index contributed by atoms with van der Waals surface area (Å²) in [6, 6.07) is 4.25. The van der Waals surface area contributed by atoms with E-state index in [1.807, 2.05) is 20.8 Å². The summed E-state index contributed by atoms with van der Waals surface area (Å²) in [4.78, 5) is 11.1. The number of hydrogen-bond acceptors (Lipinski definition) is 3. The number of carboxylic acids is 1. The summed E-state index contributed by atoms with van der Waals surface area (Å²) in [5.41, 5.74) is 0.0965. The molecule has 0 spiro atoms. The van der Waals surface area contributed by atoms with Crippen molar-refractivity contribution in [2.45, 2.75) is 50.5 Å². The lowest BCUT2D eigenvalue weighted by atomic mass is 10.0. The van der Waals surface area contributed by atoms with Gasteiger partial charge in [-0.15, -0.1) is 0 Å². The van der Waals surface area contributed by atoms with Crippen molar-refractivity contribution in [2.24, 2.45) is 5.92 Å². The second-order valence-corrected chi connectivity index (χ2v) is 7.73. The third kappa shape index (κ3) is 3.44. The Hall–Kier alpha value is -1.40. The highest BCUT2D eigenvalue weighted by Gasteiger charge is 2.41. The van der Waals surface area contributed by atoms with E-state index in [1.165, 1.54) is 12.1 Å². The minimum atomic E-state index is -3.74. The summed E-state index contributed by atoms with van der Waals surface area (Å²) >= 11 is 0. The van der Waals surface area contributed by atoms with Crippen LogP contribution < -0.4 is 4.72 Å². The molecule has 1 fully saturated rings. The molecule has 0 atom stereocenters. The van der Waals surface area contributed by atoms with Crippen molar-refractivity contribution in [3.63, 3.8) is 0 Å². The van der Waals surface area contributed by atoms with E-state index >= 15 is 0 Å². The van der Waals surface area contributed by atoms with Crippen LogP contribution in [0.25, 0.3) is 0 Å². The average Bonchev–Trinajstić information content (AvgIpc) is 3.21. The van der Waals surface area contributed by atoms with Gasteiger partial charge >= 0.3 is 5.97 Å². The van der Waals surface area contributed by atoms with E-state index in [9.17, 15) is 13.2 Å². The molecule has 0 unspecified atom stereocenters. The van der Waals surface area contributed by atoms with Crippen LogP contribution in [0.1, 0.15) is 49.5 Å². The molecule has 0 aromatic heterocycles. The zero-order valence-corrected chi connectivity index (χ0v) is 13.3. The molecular formula is C15H21NO4S. The molecule has 21 heavy (non-hydrogen) atoms. The molecule has 1 saturated carbocycles. The van der Waals surface area contributed by atoms with Gasteiger partial charge in [0.25, 0.3) is 0 Å². The number of hydrogen-bond donors (Lipinski definition) is 2. The van der Waals surface area contributed by atoms with Crippen LogP contribution >= 0.6 is 0 Å². The fourth-order valence-corrected chi connectivity index (χ4v) is 4.33. The Balaban J connectivity index is 2.42. The number of nitrogens with one attached hydrogen (secondary N) is 1. The molecule has 0 amide bonds. The second-order valence-electron chi connectivity index (χ2n) is 6.08. The van der Waals surface area contributed by atoms with Gasteiger partial charge in [-0.25, -0.2) is 17.9 Å². The highest BCUT2D eigenvalue weighted by Crippen LogP contribution is 2.40. The minimum Gasteiger partial charge on any atom is -0.478 e. The Kier molecular flexibility index (Phi) is 4.13. The molecule has 2 rings (SSSR count). The first kappa shape index (κ1) is 16.0. The molecule has 0 heterocycles. The summed E-state index contributed by atoms with van der Waals surface area (Å²) in [7, 11) is -3.74. The van der Waals surface area contributed by atoms with E-state index in [1.54, 1.807) is 6.07 Å². The lowest BCUT2D eigenvalue weighted by molar-refractivity contribution is 0.0696. The minimum absolute atomic E-state index is 0.0168. The van der Waals surface area contributed by atoms with Crippen LogP contribution in [0.2, 0.25) is 0 Å².